The van der Waals surface area contributed by atoms with Crippen molar-refractivity contribution in [2.45, 2.75) is 6.54 Å². The molecule has 0 aliphatic heterocycles. The van der Waals surface area contributed by atoms with Gasteiger partial charge in [-0.25, -0.2) is 0 Å². The van der Waals surface area contributed by atoms with E-state index in [0.717, 1.165) is 5.56 Å². The monoisotopic (exact) mass is 176 g/mol. The third-order valence-electron chi connectivity index (χ3n) is 1.71. The van der Waals surface area contributed by atoms with E-state index >= 15 is 0 Å². The maximum absolute atomic E-state index is 11.2. The Morgan fingerprint density at radius 3 is 3.08 bits per heavy atom. The second-order valence-electron chi connectivity index (χ2n) is 2.65. The lowest BCUT2D eigenvalue weighted by atomic mass is 10.3. The molecule has 0 fully saturated rings. The van der Waals surface area contributed by atoms with Gasteiger partial charge in [0.2, 0.25) is 0 Å². The molecule has 2 heterocycles. The first kappa shape index (κ1) is 7.72. The fraction of sp³-hybridized carbons (Fsp3) is 0.125. The number of nitrogens with one attached hydrogen (secondary N) is 1. The molecule has 13 heavy (non-hydrogen) atoms. The van der Waals surface area contributed by atoms with Crippen LogP contribution in [0.2, 0.25) is 0 Å². The van der Waals surface area contributed by atoms with Crippen LogP contribution in [0.4, 0.5) is 0 Å². The van der Waals surface area contributed by atoms with E-state index in [1.54, 1.807) is 29.4 Å². The number of rotatable bonds is 2. The van der Waals surface area contributed by atoms with Crippen molar-refractivity contribution >= 4 is 0 Å². The minimum Gasteiger partial charge on any atom is -0.308 e. The summed E-state index contributed by atoms with van der Waals surface area (Å²) in [6, 6.07) is 0. The van der Waals surface area contributed by atoms with Crippen LogP contribution in [-0.4, -0.2) is 19.7 Å². The van der Waals surface area contributed by atoms with Gasteiger partial charge in [0.25, 0.3) is 5.56 Å². The lowest BCUT2D eigenvalue weighted by Crippen LogP contribution is -2.18. The highest BCUT2D eigenvalue weighted by atomic mass is 16.1. The summed E-state index contributed by atoms with van der Waals surface area (Å²) in [5.41, 5.74) is 0.858. The van der Waals surface area contributed by atoms with Gasteiger partial charge in [0.15, 0.2) is 0 Å². The number of hydrogen-bond donors (Lipinski definition) is 1. The molecule has 1 N–H and O–H groups in total. The highest BCUT2D eigenvalue weighted by Crippen LogP contribution is 1.95. The van der Waals surface area contributed by atoms with E-state index in [4.69, 9.17) is 0 Å². The van der Waals surface area contributed by atoms with Gasteiger partial charge >= 0.3 is 0 Å². The molecule has 5 nitrogen and oxygen atoms in total. The fourth-order valence-corrected chi connectivity index (χ4v) is 1.06. The molecule has 0 aliphatic rings. The van der Waals surface area contributed by atoms with Gasteiger partial charge in [-0.1, -0.05) is 0 Å². The van der Waals surface area contributed by atoms with Gasteiger partial charge in [-0.05, 0) is 0 Å². The topological polar surface area (TPSA) is 63.6 Å². The van der Waals surface area contributed by atoms with E-state index in [9.17, 15) is 4.79 Å². The Bertz CT molecular complexity index is 431. The third-order valence-corrected chi connectivity index (χ3v) is 1.71. The molecular formula is C8H8N4O. The van der Waals surface area contributed by atoms with Crippen LogP contribution in [0.3, 0.4) is 0 Å². The zero-order valence-corrected chi connectivity index (χ0v) is 6.84. The second kappa shape index (κ2) is 3.22. The number of H-pyrrole nitrogens is 1. The van der Waals surface area contributed by atoms with Crippen LogP contribution in [0, 0.1) is 0 Å². The summed E-state index contributed by atoms with van der Waals surface area (Å²) in [6.45, 7) is 0.526. The molecule has 0 unspecified atom stereocenters. The van der Waals surface area contributed by atoms with Crippen LogP contribution in [0.5, 0.6) is 0 Å². The molecular weight excluding hydrogens is 168 g/mol. The summed E-state index contributed by atoms with van der Waals surface area (Å²) in [5.74, 6) is 0. The van der Waals surface area contributed by atoms with Crippen LogP contribution in [0.15, 0.2) is 35.8 Å². The molecule has 2 rings (SSSR count). The van der Waals surface area contributed by atoms with Gasteiger partial charge in [0, 0.05) is 24.2 Å². The molecule has 0 aliphatic carbocycles. The molecule has 66 valence electrons. The molecule has 0 aromatic carbocycles. The van der Waals surface area contributed by atoms with E-state index < -0.39 is 0 Å². The number of hydrogen-bond acceptors (Lipinski definition) is 3. The first-order valence-electron chi connectivity index (χ1n) is 3.84. The van der Waals surface area contributed by atoms with Gasteiger partial charge in [-0.3, -0.25) is 14.9 Å². The first-order valence-corrected chi connectivity index (χ1v) is 3.84. The molecule has 0 atom stereocenters. The van der Waals surface area contributed by atoms with Crippen molar-refractivity contribution in [3.63, 3.8) is 0 Å². The molecule has 0 radical (unpaired) electrons. The SMILES string of the molecule is O=c1cnccn1Cc1cn[nH]c1. The van der Waals surface area contributed by atoms with Gasteiger partial charge < -0.3 is 4.57 Å². The maximum atomic E-state index is 11.2. The summed E-state index contributed by atoms with van der Waals surface area (Å²) >= 11 is 0. The molecule has 0 saturated carbocycles. The average molecular weight is 176 g/mol. The van der Waals surface area contributed by atoms with Crippen molar-refractivity contribution in [1.82, 2.24) is 19.7 Å². The number of aromatic nitrogens is 4. The van der Waals surface area contributed by atoms with Crippen molar-refractivity contribution in [1.29, 1.82) is 0 Å². The lowest BCUT2D eigenvalue weighted by Gasteiger charge is -2.00. The van der Waals surface area contributed by atoms with Crippen molar-refractivity contribution < 1.29 is 0 Å². The van der Waals surface area contributed by atoms with E-state index in [1.165, 1.54) is 6.20 Å². The zero-order chi connectivity index (χ0) is 9.10. The fourth-order valence-electron chi connectivity index (χ4n) is 1.06. The Labute approximate surface area is 74.1 Å². The Morgan fingerprint density at radius 1 is 1.46 bits per heavy atom. The van der Waals surface area contributed by atoms with E-state index in [0.29, 0.717) is 6.54 Å². The van der Waals surface area contributed by atoms with Crippen LogP contribution in [0.25, 0.3) is 0 Å². The van der Waals surface area contributed by atoms with Crippen molar-refractivity contribution in [2.24, 2.45) is 0 Å². The standard InChI is InChI=1S/C8H8N4O/c13-8-5-9-1-2-12(8)6-7-3-10-11-4-7/h1-5H,6H2,(H,10,11). The summed E-state index contributed by atoms with van der Waals surface area (Å²) in [7, 11) is 0. The third kappa shape index (κ3) is 1.64. The maximum Gasteiger partial charge on any atom is 0.269 e. The van der Waals surface area contributed by atoms with Crippen LogP contribution in [0.1, 0.15) is 5.56 Å². The molecule has 2 aromatic heterocycles. The zero-order valence-electron chi connectivity index (χ0n) is 6.84. The van der Waals surface area contributed by atoms with Crippen LogP contribution < -0.4 is 5.56 Å². The Balaban J connectivity index is 2.29. The highest BCUT2D eigenvalue weighted by molar-refractivity contribution is 5.03. The van der Waals surface area contributed by atoms with Gasteiger partial charge in [0.05, 0.1) is 18.9 Å². The summed E-state index contributed by atoms with van der Waals surface area (Å²) in [4.78, 5) is 14.9. The molecule has 0 bridgehead atoms. The Morgan fingerprint density at radius 2 is 2.38 bits per heavy atom. The van der Waals surface area contributed by atoms with Crippen LogP contribution in [-0.2, 0) is 6.54 Å². The molecule has 2 aromatic rings. The van der Waals surface area contributed by atoms with Gasteiger partial charge in [0.1, 0.15) is 0 Å². The molecule has 0 amide bonds. The summed E-state index contributed by atoms with van der Waals surface area (Å²) in [6.07, 6.45) is 7.97. The van der Waals surface area contributed by atoms with Crippen molar-refractivity contribution in [3.05, 3.63) is 46.9 Å². The Kier molecular flexibility index (Phi) is 1.91. The largest absolute Gasteiger partial charge is 0.308 e. The predicted octanol–water partition coefficient (Wildman–Crippen LogP) is 0.0147. The molecule has 5 heteroatoms. The predicted molar refractivity (Wildman–Crippen MR) is 46.2 cm³/mol. The normalized spacial score (nSPS) is 10.2. The lowest BCUT2D eigenvalue weighted by molar-refractivity contribution is 0.748. The highest BCUT2D eigenvalue weighted by Gasteiger charge is 1.96. The quantitative estimate of drug-likeness (QED) is 0.701. The summed E-state index contributed by atoms with van der Waals surface area (Å²) < 4.78 is 1.57. The van der Waals surface area contributed by atoms with Gasteiger partial charge in [-0.2, -0.15) is 5.10 Å². The van der Waals surface area contributed by atoms with E-state index in [2.05, 4.69) is 15.2 Å². The first-order chi connectivity index (χ1) is 6.36. The van der Waals surface area contributed by atoms with Crippen molar-refractivity contribution in [2.75, 3.05) is 0 Å². The smallest absolute Gasteiger partial charge is 0.269 e. The van der Waals surface area contributed by atoms with Crippen LogP contribution >= 0.6 is 0 Å². The number of nitrogens with zero attached hydrogens (tertiary/aromatic N) is 3. The molecule has 0 saturated heterocycles. The Hall–Kier alpha value is -1.91. The summed E-state index contributed by atoms with van der Waals surface area (Å²) in [5, 5.41) is 6.48. The average Bonchev–Trinajstić information content (AvgIpc) is 2.61. The van der Waals surface area contributed by atoms with E-state index in [-0.39, 0.29) is 5.56 Å². The minimum atomic E-state index is -0.108. The molecule has 0 spiro atoms. The van der Waals surface area contributed by atoms with Gasteiger partial charge in [-0.15, -0.1) is 0 Å². The second-order valence-corrected chi connectivity index (χ2v) is 2.65. The minimum absolute atomic E-state index is 0.108. The van der Waals surface area contributed by atoms with E-state index in [1.807, 2.05) is 0 Å². The van der Waals surface area contributed by atoms with Crippen molar-refractivity contribution in [3.8, 4) is 0 Å². The number of aromatic amines is 1.